The highest BCUT2D eigenvalue weighted by Crippen LogP contribution is 2.12. The first-order chi connectivity index (χ1) is 4.04. The van der Waals surface area contributed by atoms with Gasteiger partial charge in [0.05, 0.1) is 0 Å². The first-order valence-corrected chi connectivity index (χ1v) is 3.71. The van der Waals surface area contributed by atoms with Gasteiger partial charge in [-0.25, -0.2) is 0 Å². The van der Waals surface area contributed by atoms with E-state index in [1.54, 1.807) is 0 Å². The molecular formula is C7H14OS. The first-order valence-electron chi connectivity index (χ1n) is 3.26. The minimum atomic E-state index is 0.00343. The van der Waals surface area contributed by atoms with E-state index in [-0.39, 0.29) is 11.0 Å². The molecule has 0 aromatic carbocycles. The Morgan fingerprint density at radius 1 is 1.44 bits per heavy atom. The maximum Gasteiger partial charge on any atom is 0.188 e. The molecule has 0 saturated carbocycles. The molecular weight excluding hydrogens is 132 g/mol. The molecule has 0 aromatic heterocycles. The summed E-state index contributed by atoms with van der Waals surface area (Å²) in [5.41, 5.74) is 0. The summed E-state index contributed by atoms with van der Waals surface area (Å²) >= 11 is 3.73. The molecule has 0 saturated heterocycles. The summed E-state index contributed by atoms with van der Waals surface area (Å²) in [6.45, 7) is 6.12. The third-order valence-electron chi connectivity index (χ3n) is 1.25. The van der Waals surface area contributed by atoms with Crippen molar-refractivity contribution in [2.24, 2.45) is 11.8 Å². The molecule has 0 amide bonds. The van der Waals surface area contributed by atoms with Gasteiger partial charge in [0.15, 0.2) is 5.12 Å². The van der Waals surface area contributed by atoms with Crippen LogP contribution >= 0.6 is 12.6 Å². The number of hydrogen-bond donors (Lipinski definition) is 1. The quantitative estimate of drug-likeness (QED) is 0.603. The van der Waals surface area contributed by atoms with Crippen molar-refractivity contribution in [3.05, 3.63) is 0 Å². The predicted molar refractivity (Wildman–Crippen MR) is 42.6 cm³/mol. The maximum absolute atomic E-state index is 10.5. The molecule has 1 atom stereocenters. The molecule has 9 heavy (non-hydrogen) atoms. The van der Waals surface area contributed by atoms with Gasteiger partial charge in [0.25, 0.3) is 0 Å². The van der Waals surface area contributed by atoms with E-state index in [9.17, 15) is 4.79 Å². The molecule has 0 aliphatic heterocycles. The van der Waals surface area contributed by atoms with Gasteiger partial charge in [-0.3, -0.25) is 4.79 Å². The van der Waals surface area contributed by atoms with Crippen LogP contribution in [0.15, 0.2) is 0 Å². The summed E-state index contributed by atoms with van der Waals surface area (Å²) in [5, 5.41) is 0.00343. The van der Waals surface area contributed by atoms with Crippen LogP contribution in [0, 0.1) is 11.8 Å². The van der Waals surface area contributed by atoms with Crippen LogP contribution in [0.4, 0.5) is 0 Å². The minimum absolute atomic E-state index is 0.00343. The second kappa shape index (κ2) is 3.94. The van der Waals surface area contributed by atoms with Gasteiger partial charge in [-0.15, -0.1) is 12.6 Å². The van der Waals surface area contributed by atoms with Crippen molar-refractivity contribution in [3.8, 4) is 0 Å². The molecule has 1 nitrogen and oxygen atoms in total. The SMILES string of the molecule is CC(C)CC(C)C(=O)S. The fourth-order valence-electron chi connectivity index (χ4n) is 0.808. The highest BCUT2D eigenvalue weighted by molar-refractivity contribution is 7.96. The average Bonchev–Trinajstić information content (AvgIpc) is 1.63. The number of thiol groups is 1. The van der Waals surface area contributed by atoms with Gasteiger partial charge in [-0.2, -0.15) is 0 Å². The van der Waals surface area contributed by atoms with E-state index in [1.807, 2.05) is 6.92 Å². The second-order valence-electron chi connectivity index (χ2n) is 2.87. The third kappa shape index (κ3) is 4.52. The zero-order valence-corrected chi connectivity index (χ0v) is 7.11. The summed E-state index contributed by atoms with van der Waals surface area (Å²) < 4.78 is 0. The monoisotopic (exact) mass is 146 g/mol. The molecule has 0 spiro atoms. The van der Waals surface area contributed by atoms with Gasteiger partial charge in [-0.05, 0) is 12.3 Å². The maximum atomic E-state index is 10.5. The Kier molecular flexibility index (Phi) is 3.95. The van der Waals surface area contributed by atoms with E-state index in [4.69, 9.17) is 0 Å². The van der Waals surface area contributed by atoms with E-state index < -0.39 is 0 Å². The number of carbonyl (C=O) groups excluding carboxylic acids is 1. The average molecular weight is 146 g/mol. The van der Waals surface area contributed by atoms with Crippen molar-refractivity contribution in [1.82, 2.24) is 0 Å². The van der Waals surface area contributed by atoms with Crippen LogP contribution in [0.1, 0.15) is 27.2 Å². The standard InChI is InChI=1S/C7H14OS/c1-5(2)4-6(3)7(8)9/h5-6H,4H2,1-3H3,(H,8,9). The Balaban J connectivity index is 3.50. The van der Waals surface area contributed by atoms with Gasteiger partial charge < -0.3 is 0 Å². The Morgan fingerprint density at radius 2 is 1.89 bits per heavy atom. The van der Waals surface area contributed by atoms with Crippen LogP contribution in [0.2, 0.25) is 0 Å². The summed E-state index contributed by atoms with van der Waals surface area (Å²) in [4.78, 5) is 10.5. The molecule has 0 fully saturated rings. The van der Waals surface area contributed by atoms with Crippen molar-refractivity contribution in [3.63, 3.8) is 0 Å². The summed E-state index contributed by atoms with van der Waals surface area (Å²) in [6.07, 6.45) is 0.947. The lowest BCUT2D eigenvalue weighted by molar-refractivity contribution is -0.114. The van der Waals surface area contributed by atoms with Gasteiger partial charge in [0.2, 0.25) is 0 Å². The zero-order chi connectivity index (χ0) is 7.44. The third-order valence-corrected chi connectivity index (χ3v) is 1.69. The Morgan fingerprint density at radius 3 is 2.00 bits per heavy atom. The lowest BCUT2D eigenvalue weighted by Gasteiger charge is -2.08. The largest absolute Gasteiger partial charge is 0.287 e. The van der Waals surface area contributed by atoms with Gasteiger partial charge in [-0.1, -0.05) is 20.8 Å². The Labute approximate surface area is 62.2 Å². The van der Waals surface area contributed by atoms with E-state index in [0.29, 0.717) is 5.92 Å². The van der Waals surface area contributed by atoms with Crippen LogP contribution < -0.4 is 0 Å². The highest BCUT2D eigenvalue weighted by Gasteiger charge is 2.09. The Bertz CT molecular complexity index is 99.1. The van der Waals surface area contributed by atoms with Gasteiger partial charge >= 0.3 is 0 Å². The normalized spacial score (nSPS) is 13.9. The Hall–Kier alpha value is 0.0200. The van der Waals surface area contributed by atoms with Crippen LogP contribution in [0.5, 0.6) is 0 Å². The van der Waals surface area contributed by atoms with Crippen molar-refractivity contribution in [2.45, 2.75) is 27.2 Å². The summed E-state index contributed by atoms with van der Waals surface area (Å²) in [6, 6.07) is 0. The van der Waals surface area contributed by atoms with Gasteiger partial charge in [0.1, 0.15) is 0 Å². The first kappa shape index (κ1) is 9.02. The molecule has 0 aliphatic rings. The molecule has 0 heterocycles. The lowest BCUT2D eigenvalue weighted by Crippen LogP contribution is -2.06. The molecule has 0 aromatic rings. The lowest BCUT2D eigenvalue weighted by atomic mass is 10.0. The summed E-state index contributed by atoms with van der Waals surface area (Å²) in [5.74, 6) is 0.712. The van der Waals surface area contributed by atoms with E-state index in [1.165, 1.54) is 0 Å². The molecule has 0 bridgehead atoms. The number of carbonyl (C=O) groups is 1. The van der Waals surface area contributed by atoms with E-state index in [0.717, 1.165) is 6.42 Å². The molecule has 0 aliphatic carbocycles. The van der Waals surface area contributed by atoms with E-state index in [2.05, 4.69) is 26.5 Å². The van der Waals surface area contributed by atoms with Crippen LogP contribution in [-0.4, -0.2) is 5.12 Å². The molecule has 2 heteroatoms. The fourth-order valence-corrected chi connectivity index (χ4v) is 0.913. The van der Waals surface area contributed by atoms with Crippen LogP contribution in [-0.2, 0) is 4.79 Å². The minimum Gasteiger partial charge on any atom is -0.287 e. The van der Waals surface area contributed by atoms with Crippen molar-refractivity contribution < 1.29 is 4.79 Å². The fraction of sp³-hybridized carbons (Fsp3) is 0.857. The number of rotatable bonds is 3. The smallest absolute Gasteiger partial charge is 0.188 e. The molecule has 54 valence electrons. The molecule has 0 N–H and O–H groups in total. The number of hydrogen-bond acceptors (Lipinski definition) is 1. The van der Waals surface area contributed by atoms with Gasteiger partial charge in [0, 0.05) is 5.92 Å². The zero-order valence-electron chi connectivity index (χ0n) is 6.22. The highest BCUT2D eigenvalue weighted by atomic mass is 32.1. The van der Waals surface area contributed by atoms with Crippen molar-refractivity contribution in [1.29, 1.82) is 0 Å². The van der Waals surface area contributed by atoms with Crippen LogP contribution in [0.3, 0.4) is 0 Å². The van der Waals surface area contributed by atoms with Crippen molar-refractivity contribution in [2.75, 3.05) is 0 Å². The van der Waals surface area contributed by atoms with Crippen LogP contribution in [0.25, 0.3) is 0 Å². The molecule has 0 radical (unpaired) electrons. The second-order valence-corrected chi connectivity index (χ2v) is 3.31. The summed E-state index contributed by atoms with van der Waals surface area (Å²) in [7, 11) is 0. The van der Waals surface area contributed by atoms with Crippen molar-refractivity contribution >= 4 is 17.7 Å². The predicted octanol–water partition coefficient (Wildman–Crippen LogP) is 2.13. The molecule has 1 unspecified atom stereocenters. The topological polar surface area (TPSA) is 17.1 Å². The molecule has 0 rings (SSSR count). The van der Waals surface area contributed by atoms with E-state index >= 15 is 0 Å².